The van der Waals surface area contributed by atoms with Gasteiger partial charge in [-0.25, -0.2) is 23.4 Å². The van der Waals surface area contributed by atoms with Gasteiger partial charge >= 0.3 is 5.97 Å². The molecule has 0 bridgehead atoms. The smallest absolute Gasteiger partial charge is 0.305 e. The fraction of sp³-hybridized carbons (Fsp3) is 0.593. The second-order valence-corrected chi connectivity index (χ2v) is 11.4. The van der Waals surface area contributed by atoms with Gasteiger partial charge in [0, 0.05) is 30.6 Å². The molecule has 1 aromatic carbocycles. The number of fused-ring (bicyclic) bond motifs is 1. The van der Waals surface area contributed by atoms with Gasteiger partial charge in [-0.1, -0.05) is 36.9 Å². The first-order chi connectivity index (χ1) is 19.8. The minimum absolute atomic E-state index is 0.0112. The van der Waals surface area contributed by atoms with E-state index in [-0.39, 0.29) is 37.6 Å². The first kappa shape index (κ1) is 29.5. The highest BCUT2D eigenvalue weighted by Gasteiger charge is 2.45. The molecule has 2 saturated carbocycles. The lowest BCUT2D eigenvalue weighted by molar-refractivity contribution is -0.146. The Hall–Kier alpha value is -2.94. The fourth-order valence-corrected chi connectivity index (χ4v) is 5.73. The number of halogens is 2. The van der Waals surface area contributed by atoms with Crippen molar-refractivity contribution in [1.82, 2.24) is 25.0 Å². The van der Waals surface area contributed by atoms with Gasteiger partial charge in [0.05, 0.1) is 18.8 Å². The second kappa shape index (κ2) is 12.9. The highest BCUT2D eigenvalue weighted by Crippen LogP contribution is 2.44. The second-order valence-electron chi connectivity index (χ2n) is 10.3. The van der Waals surface area contributed by atoms with Crippen LogP contribution >= 0.6 is 11.8 Å². The number of anilines is 1. The number of ether oxygens (including phenoxy) is 2. The molecule has 2 aliphatic rings. The van der Waals surface area contributed by atoms with Crippen molar-refractivity contribution in [2.45, 2.75) is 87.4 Å². The summed E-state index contributed by atoms with van der Waals surface area (Å²) in [6, 6.07) is 3.21. The zero-order valence-electron chi connectivity index (χ0n) is 22.9. The van der Waals surface area contributed by atoms with Gasteiger partial charge in [-0.15, -0.1) is 5.10 Å². The molecule has 0 amide bonds. The van der Waals surface area contributed by atoms with E-state index >= 15 is 0 Å². The van der Waals surface area contributed by atoms with Crippen LogP contribution in [-0.4, -0.2) is 84.5 Å². The molecule has 222 valence electrons. The van der Waals surface area contributed by atoms with E-state index in [9.17, 15) is 23.8 Å². The summed E-state index contributed by atoms with van der Waals surface area (Å²) < 4.78 is 39.5. The number of hydrogen-bond acceptors (Lipinski definition) is 11. The van der Waals surface area contributed by atoms with Gasteiger partial charge in [-0.3, -0.25) is 4.79 Å². The SMILES string of the molecule is CCCSc1nc(N[C@@H]2C[C@H]2c2ccc(F)c(F)c2)c2nnn([C@@H]3C[C@H](OCCOC(=O)CCC)[C@@H](O)[C@H]3O)c2n1. The van der Waals surface area contributed by atoms with Gasteiger partial charge in [-0.05, 0) is 37.0 Å². The number of aromatic nitrogens is 5. The van der Waals surface area contributed by atoms with Gasteiger partial charge in [0.25, 0.3) is 0 Å². The average molecular weight is 593 g/mol. The minimum Gasteiger partial charge on any atom is -0.463 e. The topological polar surface area (TPSA) is 145 Å². The fourth-order valence-electron chi connectivity index (χ4n) is 5.04. The van der Waals surface area contributed by atoms with E-state index in [4.69, 9.17) is 9.47 Å². The van der Waals surface area contributed by atoms with Crippen molar-refractivity contribution in [2.75, 3.05) is 24.3 Å². The maximum Gasteiger partial charge on any atom is 0.305 e. The van der Waals surface area contributed by atoms with Crippen LogP contribution in [0.25, 0.3) is 11.2 Å². The van der Waals surface area contributed by atoms with E-state index in [0.717, 1.165) is 18.2 Å². The number of carbonyl (C=O) groups is 1. The van der Waals surface area contributed by atoms with E-state index in [0.29, 0.717) is 47.0 Å². The summed E-state index contributed by atoms with van der Waals surface area (Å²) in [5.74, 6) is -0.828. The van der Waals surface area contributed by atoms with Crippen molar-refractivity contribution in [2.24, 2.45) is 0 Å². The molecule has 3 aromatic rings. The zero-order valence-corrected chi connectivity index (χ0v) is 23.7. The molecule has 11 nitrogen and oxygen atoms in total. The number of esters is 1. The Morgan fingerprint density at radius 1 is 1.12 bits per heavy atom. The van der Waals surface area contributed by atoms with Crippen LogP contribution in [0.2, 0.25) is 0 Å². The van der Waals surface area contributed by atoms with Crippen molar-refractivity contribution >= 4 is 34.7 Å². The number of nitrogens with one attached hydrogen (secondary N) is 1. The molecule has 0 unspecified atom stereocenters. The Morgan fingerprint density at radius 2 is 1.95 bits per heavy atom. The largest absolute Gasteiger partial charge is 0.463 e. The molecule has 2 fully saturated rings. The number of thioether (sulfide) groups is 1. The van der Waals surface area contributed by atoms with Gasteiger partial charge < -0.3 is 25.0 Å². The van der Waals surface area contributed by atoms with Crippen LogP contribution in [0.1, 0.15) is 63.5 Å². The van der Waals surface area contributed by atoms with Crippen molar-refractivity contribution in [3.8, 4) is 0 Å². The molecule has 41 heavy (non-hydrogen) atoms. The van der Waals surface area contributed by atoms with Crippen LogP contribution in [0.3, 0.4) is 0 Å². The standard InChI is InChI=1S/C27H34F2N6O5S/c1-3-5-21(36)40-9-8-39-20-13-19(23(37)24(20)38)35-26-22(33-34-35)25(31-27(32-26)41-10-4-2)30-18-12-15(18)14-6-7-16(28)17(29)11-14/h6-7,11,15,18-20,23-24,37-38H,3-5,8-10,12-13H2,1-2H3,(H,30,31,32)/t15-,18+,19+,20-,23-,24+/m0/s1. The molecule has 0 radical (unpaired) electrons. The summed E-state index contributed by atoms with van der Waals surface area (Å²) in [6.45, 7) is 4.08. The lowest BCUT2D eigenvalue weighted by Gasteiger charge is -2.17. The van der Waals surface area contributed by atoms with Gasteiger partial charge in [0.1, 0.15) is 18.8 Å². The third-order valence-electron chi connectivity index (χ3n) is 7.27. The summed E-state index contributed by atoms with van der Waals surface area (Å²) in [7, 11) is 0. The lowest BCUT2D eigenvalue weighted by atomic mass is 10.1. The van der Waals surface area contributed by atoms with Crippen LogP contribution in [-0.2, 0) is 14.3 Å². The van der Waals surface area contributed by atoms with Crippen molar-refractivity contribution < 1.29 is 33.3 Å². The van der Waals surface area contributed by atoms with Crippen molar-refractivity contribution in [1.29, 1.82) is 0 Å². The average Bonchev–Trinajstić information content (AvgIpc) is 3.50. The Balaban J connectivity index is 1.32. The van der Waals surface area contributed by atoms with E-state index < -0.39 is 36.0 Å². The number of aliphatic hydroxyl groups excluding tert-OH is 2. The molecule has 0 aliphatic heterocycles. The van der Waals surface area contributed by atoms with Gasteiger partial charge in [-0.2, -0.15) is 0 Å². The maximum absolute atomic E-state index is 13.8. The van der Waals surface area contributed by atoms with Crippen LogP contribution in [0.15, 0.2) is 23.4 Å². The summed E-state index contributed by atoms with van der Waals surface area (Å²) in [4.78, 5) is 20.9. The molecule has 2 heterocycles. The zero-order chi connectivity index (χ0) is 29.1. The summed E-state index contributed by atoms with van der Waals surface area (Å²) in [6.07, 6.45) is -0.180. The first-order valence-electron chi connectivity index (χ1n) is 13.9. The summed E-state index contributed by atoms with van der Waals surface area (Å²) in [5, 5.41) is 34.0. The number of rotatable bonds is 13. The number of benzene rings is 1. The molecule has 5 rings (SSSR count). The van der Waals surface area contributed by atoms with E-state index in [1.807, 2.05) is 13.8 Å². The van der Waals surface area contributed by atoms with Crippen LogP contribution in [0, 0.1) is 11.6 Å². The monoisotopic (exact) mass is 592 g/mol. The minimum atomic E-state index is -1.19. The molecule has 3 N–H and O–H groups in total. The molecular formula is C27H34F2N6O5S. The summed E-state index contributed by atoms with van der Waals surface area (Å²) in [5.41, 5.74) is 1.50. The van der Waals surface area contributed by atoms with Gasteiger partial charge in [0.15, 0.2) is 33.8 Å². The van der Waals surface area contributed by atoms with Gasteiger partial charge in [0.2, 0.25) is 0 Å². The number of carbonyl (C=O) groups excluding carboxylic acids is 1. The van der Waals surface area contributed by atoms with Crippen molar-refractivity contribution in [3.63, 3.8) is 0 Å². The van der Waals surface area contributed by atoms with Crippen molar-refractivity contribution in [3.05, 3.63) is 35.4 Å². The third kappa shape index (κ3) is 6.60. The first-order valence-corrected chi connectivity index (χ1v) is 14.9. The Kier molecular flexibility index (Phi) is 9.32. The number of nitrogens with zero attached hydrogens (tertiary/aromatic N) is 5. The molecule has 6 atom stereocenters. The van der Waals surface area contributed by atoms with E-state index in [1.165, 1.54) is 22.5 Å². The molecular weight excluding hydrogens is 558 g/mol. The Bertz CT molecular complexity index is 1380. The van der Waals surface area contributed by atoms with E-state index in [2.05, 4.69) is 25.6 Å². The molecule has 2 aromatic heterocycles. The number of aliphatic hydroxyl groups is 2. The maximum atomic E-state index is 13.8. The molecule has 14 heteroatoms. The molecule has 0 spiro atoms. The Labute approximate surface area is 240 Å². The quantitative estimate of drug-likeness (QED) is 0.116. The molecule has 2 aliphatic carbocycles. The predicted molar refractivity (Wildman–Crippen MR) is 147 cm³/mol. The highest BCUT2D eigenvalue weighted by molar-refractivity contribution is 7.99. The van der Waals surface area contributed by atoms with Crippen LogP contribution in [0.5, 0.6) is 0 Å². The highest BCUT2D eigenvalue weighted by atomic mass is 32.2. The summed E-state index contributed by atoms with van der Waals surface area (Å²) >= 11 is 1.47. The normalized spacial score (nSPS) is 25.5. The number of hydrogen-bond donors (Lipinski definition) is 3. The van der Waals surface area contributed by atoms with Crippen LogP contribution in [0.4, 0.5) is 14.6 Å². The third-order valence-corrected chi connectivity index (χ3v) is 8.32. The lowest BCUT2D eigenvalue weighted by Crippen LogP contribution is -2.33. The molecule has 0 saturated heterocycles. The van der Waals surface area contributed by atoms with Crippen LogP contribution < -0.4 is 5.32 Å². The van der Waals surface area contributed by atoms with E-state index in [1.54, 1.807) is 6.07 Å². The predicted octanol–water partition coefficient (Wildman–Crippen LogP) is 3.36. The Morgan fingerprint density at radius 3 is 2.71 bits per heavy atom.